The Kier molecular flexibility index (Phi) is 3.86. The summed E-state index contributed by atoms with van der Waals surface area (Å²) < 4.78 is 0. The summed E-state index contributed by atoms with van der Waals surface area (Å²) in [5.41, 5.74) is 4.10. The van der Waals surface area contributed by atoms with E-state index in [0.717, 1.165) is 30.6 Å². The molecular weight excluding hydrogens is 262 g/mol. The van der Waals surface area contributed by atoms with Crippen LogP contribution in [0.2, 0.25) is 0 Å². The van der Waals surface area contributed by atoms with Gasteiger partial charge in [-0.3, -0.25) is 9.78 Å². The number of pyridine rings is 1. The quantitative estimate of drug-likeness (QED) is 0.909. The number of rotatable bonds is 3. The van der Waals surface area contributed by atoms with E-state index in [1.165, 1.54) is 5.56 Å². The molecule has 4 nitrogen and oxygen atoms in total. The first-order chi connectivity index (χ1) is 10.2. The average Bonchev–Trinajstić information content (AvgIpc) is 2.55. The van der Waals surface area contributed by atoms with Gasteiger partial charge in [-0.05, 0) is 55.2 Å². The second kappa shape index (κ2) is 5.95. The van der Waals surface area contributed by atoms with E-state index in [0.29, 0.717) is 5.56 Å². The van der Waals surface area contributed by atoms with Gasteiger partial charge in [0.05, 0.1) is 6.04 Å². The Labute approximate surface area is 124 Å². The number of aromatic nitrogens is 1. The Morgan fingerprint density at radius 3 is 3.10 bits per heavy atom. The number of anilines is 1. The van der Waals surface area contributed by atoms with Crippen molar-refractivity contribution in [3.63, 3.8) is 0 Å². The second-order valence-corrected chi connectivity index (χ2v) is 5.38. The molecule has 0 bridgehead atoms. The molecule has 0 radical (unpaired) electrons. The summed E-state index contributed by atoms with van der Waals surface area (Å²) in [5.74, 6) is -0.0419. The first-order valence-electron chi connectivity index (χ1n) is 7.31. The number of carbonyl (C=O) groups excluding carboxylic acids is 1. The van der Waals surface area contributed by atoms with Gasteiger partial charge in [-0.1, -0.05) is 6.07 Å². The molecule has 0 saturated heterocycles. The summed E-state index contributed by atoms with van der Waals surface area (Å²) in [6.07, 6.45) is 5.65. The smallest absolute Gasteiger partial charge is 0.251 e. The van der Waals surface area contributed by atoms with Crippen molar-refractivity contribution < 1.29 is 4.79 Å². The van der Waals surface area contributed by atoms with E-state index in [9.17, 15) is 4.79 Å². The standard InChI is InChI=1S/C17H19N3O/c1-12(15-5-2-8-18-11-15)20-17(21)14-6-7-16-13(10-14)4-3-9-19-16/h2,5-8,10-12,19H,3-4,9H2,1H3,(H,20,21)/t12-/m1/s1. The van der Waals surface area contributed by atoms with E-state index in [1.807, 2.05) is 37.3 Å². The van der Waals surface area contributed by atoms with Gasteiger partial charge >= 0.3 is 0 Å². The lowest BCUT2D eigenvalue weighted by molar-refractivity contribution is 0.0940. The third-order valence-electron chi connectivity index (χ3n) is 3.84. The number of benzene rings is 1. The zero-order valence-corrected chi connectivity index (χ0v) is 12.1. The molecule has 1 amide bonds. The SMILES string of the molecule is C[C@@H](NC(=O)c1ccc2c(c1)CCCN2)c1cccnc1. The van der Waals surface area contributed by atoms with Crippen LogP contribution in [0.1, 0.15) is 40.9 Å². The van der Waals surface area contributed by atoms with Crippen molar-refractivity contribution in [3.05, 3.63) is 59.4 Å². The predicted octanol–water partition coefficient (Wildman–Crippen LogP) is 2.93. The minimum atomic E-state index is -0.0552. The summed E-state index contributed by atoms with van der Waals surface area (Å²) in [7, 11) is 0. The van der Waals surface area contributed by atoms with Crippen LogP contribution < -0.4 is 10.6 Å². The normalized spacial score (nSPS) is 14.7. The zero-order valence-electron chi connectivity index (χ0n) is 12.1. The number of fused-ring (bicyclic) bond motifs is 1. The van der Waals surface area contributed by atoms with E-state index < -0.39 is 0 Å². The molecule has 0 fully saturated rings. The van der Waals surface area contributed by atoms with Crippen molar-refractivity contribution in [2.45, 2.75) is 25.8 Å². The van der Waals surface area contributed by atoms with Gasteiger partial charge in [0, 0.05) is 30.2 Å². The lowest BCUT2D eigenvalue weighted by Gasteiger charge is -2.19. The highest BCUT2D eigenvalue weighted by Crippen LogP contribution is 2.23. The Bertz CT molecular complexity index is 640. The topological polar surface area (TPSA) is 54.0 Å². The Morgan fingerprint density at radius 2 is 2.29 bits per heavy atom. The minimum absolute atomic E-state index is 0.0419. The molecule has 1 aromatic carbocycles. The van der Waals surface area contributed by atoms with Crippen LogP contribution in [-0.2, 0) is 6.42 Å². The van der Waals surface area contributed by atoms with E-state index in [2.05, 4.69) is 15.6 Å². The highest BCUT2D eigenvalue weighted by atomic mass is 16.1. The first-order valence-corrected chi connectivity index (χ1v) is 7.31. The molecular formula is C17H19N3O. The Hall–Kier alpha value is -2.36. The molecule has 2 aromatic rings. The van der Waals surface area contributed by atoms with Crippen molar-refractivity contribution in [2.24, 2.45) is 0 Å². The van der Waals surface area contributed by atoms with E-state index in [1.54, 1.807) is 12.4 Å². The number of nitrogens with zero attached hydrogens (tertiary/aromatic N) is 1. The number of hydrogen-bond donors (Lipinski definition) is 2. The van der Waals surface area contributed by atoms with Gasteiger partial charge in [-0.2, -0.15) is 0 Å². The maximum Gasteiger partial charge on any atom is 0.251 e. The number of amides is 1. The van der Waals surface area contributed by atoms with Crippen LogP contribution >= 0.6 is 0 Å². The van der Waals surface area contributed by atoms with Gasteiger partial charge in [-0.25, -0.2) is 0 Å². The molecule has 108 valence electrons. The molecule has 0 unspecified atom stereocenters. The fraction of sp³-hybridized carbons (Fsp3) is 0.294. The van der Waals surface area contributed by atoms with Crippen molar-refractivity contribution in [2.75, 3.05) is 11.9 Å². The summed E-state index contributed by atoms with van der Waals surface area (Å²) >= 11 is 0. The fourth-order valence-electron chi connectivity index (χ4n) is 2.61. The van der Waals surface area contributed by atoms with E-state index in [-0.39, 0.29) is 11.9 Å². The molecule has 1 aromatic heterocycles. The summed E-state index contributed by atoms with van der Waals surface area (Å²) in [5, 5.41) is 6.38. The van der Waals surface area contributed by atoms with Gasteiger partial charge < -0.3 is 10.6 Å². The molecule has 0 spiro atoms. The van der Waals surface area contributed by atoms with Crippen LogP contribution in [0.15, 0.2) is 42.7 Å². The molecule has 4 heteroatoms. The molecule has 2 heterocycles. The van der Waals surface area contributed by atoms with Crippen LogP contribution in [-0.4, -0.2) is 17.4 Å². The average molecular weight is 281 g/mol. The maximum atomic E-state index is 12.4. The first kappa shape index (κ1) is 13.6. The zero-order chi connectivity index (χ0) is 14.7. The Morgan fingerprint density at radius 1 is 1.38 bits per heavy atom. The molecule has 3 rings (SSSR count). The van der Waals surface area contributed by atoms with Crippen molar-refractivity contribution in [3.8, 4) is 0 Å². The minimum Gasteiger partial charge on any atom is -0.385 e. The van der Waals surface area contributed by atoms with Gasteiger partial charge in [-0.15, -0.1) is 0 Å². The van der Waals surface area contributed by atoms with Gasteiger partial charge in [0.25, 0.3) is 5.91 Å². The monoisotopic (exact) mass is 281 g/mol. The van der Waals surface area contributed by atoms with Crippen LogP contribution in [0.4, 0.5) is 5.69 Å². The van der Waals surface area contributed by atoms with Crippen LogP contribution in [0.5, 0.6) is 0 Å². The lowest BCUT2D eigenvalue weighted by Crippen LogP contribution is -2.27. The third kappa shape index (κ3) is 3.05. The summed E-state index contributed by atoms with van der Waals surface area (Å²) in [6.45, 7) is 2.98. The summed E-state index contributed by atoms with van der Waals surface area (Å²) in [6, 6.07) is 9.66. The third-order valence-corrected chi connectivity index (χ3v) is 3.84. The Balaban J connectivity index is 1.73. The molecule has 0 aliphatic carbocycles. The van der Waals surface area contributed by atoms with Crippen molar-refractivity contribution >= 4 is 11.6 Å². The van der Waals surface area contributed by atoms with Crippen LogP contribution in [0, 0.1) is 0 Å². The molecule has 1 aliphatic heterocycles. The number of nitrogens with one attached hydrogen (secondary N) is 2. The molecule has 0 saturated carbocycles. The highest BCUT2D eigenvalue weighted by Gasteiger charge is 2.14. The number of hydrogen-bond acceptors (Lipinski definition) is 3. The highest BCUT2D eigenvalue weighted by molar-refractivity contribution is 5.95. The van der Waals surface area contributed by atoms with Gasteiger partial charge in [0.2, 0.25) is 0 Å². The van der Waals surface area contributed by atoms with E-state index in [4.69, 9.17) is 0 Å². The lowest BCUT2D eigenvalue weighted by atomic mass is 10.0. The summed E-state index contributed by atoms with van der Waals surface area (Å²) in [4.78, 5) is 16.4. The maximum absolute atomic E-state index is 12.4. The predicted molar refractivity (Wildman–Crippen MR) is 83.4 cm³/mol. The molecule has 1 aliphatic rings. The van der Waals surface area contributed by atoms with Crippen LogP contribution in [0.3, 0.4) is 0 Å². The van der Waals surface area contributed by atoms with Crippen molar-refractivity contribution in [1.29, 1.82) is 0 Å². The van der Waals surface area contributed by atoms with E-state index >= 15 is 0 Å². The van der Waals surface area contributed by atoms with Crippen LogP contribution in [0.25, 0.3) is 0 Å². The molecule has 2 N–H and O–H groups in total. The number of carbonyl (C=O) groups is 1. The van der Waals surface area contributed by atoms with Crippen molar-refractivity contribution in [1.82, 2.24) is 10.3 Å². The second-order valence-electron chi connectivity index (χ2n) is 5.38. The molecule has 1 atom stereocenters. The van der Waals surface area contributed by atoms with Gasteiger partial charge in [0.1, 0.15) is 0 Å². The molecule has 21 heavy (non-hydrogen) atoms. The van der Waals surface area contributed by atoms with Gasteiger partial charge in [0.15, 0.2) is 0 Å². The number of aryl methyl sites for hydroxylation is 1. The largest absolute Gasteiger partial charge is 0.385 e. The fourth-order valence-corrected chi connectivity index (χ4v) is 2.61.